The lowest BCUT2D eigenvalue weighted by molar-refractivity contribution is -0.134. The van der Waals surface area contributed by atoms with E-state index in [9.17, 15) is 9.59 Å². The molecule has 2 N–H and O–H groups in total. The molecular formula is C18H27N3O2. The van der Waals surface area contributed by atoms with Crippen molar-refractivity contribution in [2.45, 2.75) is 26.2 Å². The number of benzene rings is 1. The number of carbonyl (C=O) groups excluding carboxylic acids is 2. The maximum Gasteiger partial charge on any atom is 0.243 e. The molecule has 2 rings (SSSR count). The van der Waals surface area contributed by atoms with Gasteiger partial charge in [0, 0.05) is 19.2 Å². The van der Waals surface area contributed by atoms with Crippen LogP contribution in [0.25, 0.3) is 0 Å². The molecule has 1 aromatic carbocycles. The summed E-state index contributed by atoms with van der Waals surface area (Å²) in [5.41, 5.74) is 0.750. The zero-order valence-electron chi connectivity index (χ0n) is 14.0. The Bertz CT molecular complexity index is 512. The molecule has 126 valence electrons. The molecule has 2 atom stereocenters. The molecule has 0 bridgehead atoms. The van der Waals surface area contributed by atoms with Crippen LogP contribution in [0.3, 0.4) is 0 Å². The molecular weight excluding hydrogens is 290 g/mol. The highest BCUT2D eigenvalue weighted by atomic mass is 16.2. The summed E-state index contributed by atoms with van der Waals surface area (Å²) < 4.78 is 0. The number of hydrogen-bond donors (Lipinski definition) is 2. The number of hydrogen-bond acceptors (Lipinski definition) is 3. The van der Waals surface area contributed by atoms with E-state index < -0.39 is 0 Å². The lowest BCUT2D eigenvalue weighted by atomic mass is 9.85. The Kier molecular flexibility index (Phi) is 6.59. The lowest BCUT2D eigenvalue weighted by Gasteiger charge is -2.29. The highest BCUT2D eigenvalue weighted by Crippen LogP contribution is 2.23. The van der Waals surface area contributed by atoms with Crippen molar-refractivity contribution in [3.8, 4) is 0 Å². The summed E-state index contributed by atoms with van der Waals surface area (Å²) in [6, 6.07) is 9.29. The minimum Gasteiger partial charge on any atom is -0.336 e. The van der Waals surface area contributed by atoms with E-state index in [1.165, 1.54) is 17.7 Å². The minimum atomic E-state index is -0.168. The Hall–Kier alpha value is -1.88. The number of rotatable bonds is 6. The first-order chi connectivity index (χ1) is 11.1. The Labute approximate surface area is 138 Å². The summed E-state index contributed by atoms with van der Waals surface area (Å²) in [5, 5.41) is 6.19. The molecule has 1 saturated heterocycles. The van der Waals surface area contributed by atoms with Crippen molar-refractivity contribution < 1.29 is 9.59 Å². The van der Waals surface area contributed by atoms with Gasteiger partial charge in [0.05, 0.1) is 6.54 Å². The van der Waals surface area contributed by atoms with Crippen LogP contribution in [0.5, 0.6) is 0 Å². The van der Waals surface area contributed by atoms with E-state index in [0.29, 0.717) is 18.3 Å². The minimum absolute atomic E-state index is 0.0336. The largest absolute Gasteiger partial charge is 0.336 e. The van der Waals surface area contributed by atoms with Gasteiger partial charge >= 0.3 is 0 Å². The normalized spacial score (nSPS) is 19.0. The number of carbonyl (C=O) groups is 2. The van der Waals surface area contributed by atoms with Crippen molar-refractivity contribution in [3.63, 3.8) is 0 Å². The molecule has 1 heterocycles. The number of amides is 2. The molecule has 2 amide bonds. The standard InChI is InChI=1S/C18H27N3O2/c1-14(15-7-6-10-19-12-15)11-18(23)21(2)13-17(22)20-16-8-4-3-5-9-16/h3-5,8-9,14-15,19H,6-7,10-13H2,1-2H3,(H,20,22). The van der Waals surface area contributed by atoms with Gasteiger partial charge in [-0.1, -0.05) is 25.1 Å². The highest BCUT2D eigenvalue weighted by Gasteiger charge is 2.23. The van der Waals surface area contributed by atoms with E-state index in [1.54, 1.807) is 7.05 Å². The summed E-state index contributed by atoms with van der Waals surface area (Å²) in [4.78, 5) is 25.8. The predicted molar refractivity (Wildman–Crippen MR) is 92.1 cm³/mol. The quantitative estimate of drug-likeness (QED) is 0.845. The second-order valence-corrected chi connectivity index (χ2v) is 6.45. The van der Waals surface area contributed by atoms with Crippen molar-refractivity contribution in [3.05, 3.63) is 30.3 Å². The third kappa shape index (κ3) is 5.67. The molecule has 1 fully saturated rings. The molecule has 0 saturated carbocycles. The van der Waals surface area contributed by atoms with Crippen LogP contribution in [0.15, 0.2) is 30.3 Å². The third-order valence-corrected chi connectivity index (χ3v) is 4.50. The van der Waals surface area contributed by atoms with Crippen LogP contribution in [0, 0.1) is 11.8 Å². The van der Waals surface area contributed by atoms with Crippen molar-refractivity contribution >= 4 is 17.5 Å². The maximum atomic E-state index is 12.3. The van der Waals surface area contributed by atoms with E-state index in [2.05, 4.69) is 17.6 Å². The van der Waals surface area contributed by atoms with Gasteiger partial charge < -0.3 is 15.5 Å². The Balaban J connectivity index is 1.76. The number of piperidine rings is 1. The highest BCUT2D eigenvalue weighted by molar-refractivity contribution is 5.94. The molecule has 5 nitrogen and oxygen atoms in total. The number of para-hydroxylation sites is 1. The topological polar surface area (TPSA) is 61.4 Å². The zero-order chi connectivity index (χ0) is 16.7. The number of likely N-dealkylation sites (N-methyl/N-ethyl adjacent to an activating group) is 1. The van der Waals surface area contributed by atoms with Gasteiger partial charge in [-0.15, -0.1) is 0 Å². The predicted octanol–water partition coefficient (Wildman–Crippen LogP) is 2.11. The second kappa shape index (κ2) is 8.67. The van der Waals surface area contributed by atoms with Gasteiger partial charge in [-0.3, -0.25) is 9.59 Å². The second-order valence-electron chi connectivity index (χ2n) is 6.45. The molecule has 0 aromatic heterocycles. The molecule has 2 unspecified atom stereocenters. The van der Waals surface area contributed by atoms with Crippen LogP contribution in [0.4, 0.5) is 5.69 Å². The lowest BCUT2D eigenvalue weighted by Crippen LogP contribution is -2.38. The SMILES string of the molecule is CC(CC(=O)N(C)CC(=O)Nc1ccccc1)C1CCCNC1. The van der Waals surface area contributed by atoms with E-state index in [-0.39, 0.29) is 18.4 Å². The van der Waals surface area contributed by atoms with E-state index in [0.717, 1.165) is 18.8 Å². The van der Waals surface area contributed by atoms with Crippen LogP contribution in [-0.2, 0) is 9.59 Å². The van der Waals surface area contributed by atoms with Crippen LogP contribution in [0.1, 0.15) is 26.2 Å². The number of anilines is 1. The third-order valence-electron chi connectivity index (χ3n) is 4.50. The zero-order valence-corrected chi connectivity index (χ0v) is 14.0. The molecule has 1 aromatic rings. The smallest absolute Gasteiger partial charge is 0.243 e. The first-order valence-electron chi connectivity index (χ1n) is 8.36. The molecule has 23 heavy (non-hydrogen) atoms. The molecule has 0 radical (unpaired) electrons. The molecule has 1 aliphatic heterocycles. The maximum absolute atomic E-state index is 12.3. The first kappa shape index (κ1) is 17.5. The van der Waals surface area contributed by atoms with Gasteiger partial charge in [-0.05, 0) is 49.9 Å². The molecule has 0 spiro atoms. The number of nitrogens with one attached hydrogen (secondary N) is 2. The van der Waals surface area contributed by atoms with Gasteiger partial charge in [0.1, 0.15) is 0 Å². The average Bonchev–Trinajstić information content (AvgIpc) is 2.56. The van der Waals surface area contributed by atoms with Crippen molar-refractivity contribution in [1.82, 2.24) is 10.2 Å². The van der Waals surface area contributed by atoms with Crippen LogP contribution in [-0.4, -0.2) is 43.4 Å². The van der Waals surface area contributed by atoms with E-state index in [4.69, 9.17) is 0 Å². The summed E-state index contributed by atoms with van der Waals surface area (Å²) in [6.07, 6.45) is 2.86. The number of nitrogens with zero attached hydrogens (tertiary/aromatic N) is 1. The Morgan fingerprint density at radius 3 is 2.74 bits per heavy atom. The van der Waals surface area contributed by atoms with Crippen LogP contribution < -0.4 is 10.6 Å². The average molecular weight is 317 g/mol. The van der Waals surface area contributed by atoms with Crippen molar-refractivity contribution in [2.75, 3.05) is 32.0 Å². The fraction of sp³-hybridized carbons (Fsp3) is 0.556. The van der Waals surface area contributed by atoms with Gasteiger partial charge in [0.2, 0.25) is 11.8 Å². The van der Waals surface area contributed by atoms with Gasteiger partial charge in [0.15, 0.2) is 0 Å². The van der Waals surface area contributed by atoms with Crippen LogP contribution >= 0.6 is 0 Å². The summed E-state index contributed by atoms with van der Waals surface area (Å²) in [6.45, 7) is 4.29. The summed E-state index contributed by atoms with van der Waals surface area (Å²) >= 11 is 0. The van der Waals surface area contributed by atoms with E-state index in [1.807, 2.05) is 30.3 Å². The Morgan fingerprint density at radius 1 is 1.35 bits per heavy atom. The van der Waals surface area contributed by atoms with E-state index >= 15 is 0 Å². The Morgan fingerprint density at radius 2 is 2.09 bits per heavy atom. The molecule has 1 aliphatic rings. The van der Waals surface area contributed by atoms with Gasteiger partial charge in [-0.25, -0.2) is 0 Å². The van der Waals surface area contributed by atoms with Crippen LogP contribution in [0.2, 0.25) is 0 Å². The fourth-order valence-electron chi connectivity index (χ4n) is 2.99. The fourth-order valence-corrected chi connectivity index (χ4v) is 2.99. The summed E-state index contributed by atoms with van der Waals surface area (Å²) in [5.74, 6) is 0.763. The van der Waals surface area contributed by atoms with Gasteiger partial charge in [0.25, 0.3) is 0 Å². The summed E-state index contributed by atoms with van der Waals surface area (Å²) in [7, 11) is 1.69. The first-order valence-corrected chi connectivity index (χ1v) is 8.36. The van der Waals surface area contributed by atoms with Gasteiger partial charge in [-0.2, -0.15) is 0 Å². The monoisotopic (exact) mass is 317 g/mol. The molecule has 5 heteroatoms. The van der Waals surface area contributed by atoms with Crippen molar-refractivity contribution in [1.29, 1.82) is 0 Å². The van der Waals surface area contributed by atoms with Crippen molar-refractivity contribution in [2.24, 2.45) is 11.8 Å². The molecule has 0 aliphatic carbocycles.